The van der Waals surface area contributed by atoms with Crippen molar-refractivity contribution in [3.63, 3.8) is 0 Å². The number of pyridine rings is 1. The maximum Gasteiger partial charge on any atom is 0.338 e. The second kappa shape index (κ2) is 10.4. The van der Waals surface area contributed by atoms with Crippen LogP contribution in [0.15, 0.2) is 35.4 Å². The van der Waals surface area contributed by atoms with Crippen molar-refractivity contribution in [1.82, 2.24) is 9.97 Å². The lowest BCUT2D eigenvalue weighted by atomic mass is 10.1. The third-order valence-corrected chi connectivity index (χ3v) is 9.47. The van der Waals surface area contributed by atoms with Gasteiger partial charge in [0, 0.05) is 19.4 Å². The maximum atomic E-state index is 13.4. The van der Waals surface area contributed by atoms with Crippen molar-refractivity contribution >= 4 is 54.5 Å². The van der Waals surface area contributed by atoms with E-state index in [0.717, 1.165) is 17.5 Å². The zero-order valence-electron chi connectivity index (χ0n) is 19.8. The minimum absolute atomic E-state index is 0.0102. The number of sulfone groups is 1. The molecule has 3 aromatic rings. The number of anilines is 1. The summed E-state index contributed by atoms with van der Waals surface area (Å²) in [4.78, 5) is 45.0. The summed E-state index contributed by atoms with van der Waals surface area (Å²) in [7, 11) is -3.40. The molecule has 2 aromatic heterocycles. The van der Waals surface area contributed by atoms with E-state index in [-0.39, 0.29) is 31.7 Å². The molecule has 200 valence electrons. The third kappa shape index (κ3) is 5.25. The van der Waals surface area contributed by atoms with E-state index in [2.05, 4.69) is 15.3 Å². The first-order valence-electron chi connectivity index (χ1n) is 11.8. The number of carbonyl (C=O) groups excluding carboxylic acids is 1. The predicted molar refractivity (Wildman–Crippen MR) is 134 cm³/mol. The van der Waals surface area contributed by atoms with Crippen LogP contribution in [-0.4, -0.2) is 71.0 Å². The molecule has 1 amide bonds. The van der Waals surface area contributed by atoms with Gasteiger partial charge in [0.15, 0.2) is 21.1 Å². The van der Waals surface area contributed by atoms with E-state index in [1.54, 1.807) is 12.1 Å². The third-order valence-electron chi connectivity index (χ3n) is 6.31. The molecule has 0 spiro atoms. The Hall–Kier alpha value is -3.46. The summed E-state index contributed by atoms with van der Waals surface area (Å²) in [6.45, 7) is 0.954. The van der Waals surface area contributed by atoms with Crippen LogP contribution < -0.4 is 5.32 Å². The second-order valence-corrected chi connectivity index (χ2v) is 12.2. The van der Waals surface area contributed by atoms with Crippen LogP contribution in [0.4, 0.5) is 5.13 Å². The van der Waals surface area contributed by atoms with Gasteiger partial charge in [-0.2, -0.15) is 0 Å². The molecule has 2 fully saturated rings. The molecule has 2 aliphatic rings. The van der Waals surface area contributed by atoms with Crippen molar-refractivity contribution in [2.24, 2.45) is 0 Å². The first-order valence-corrected chi connectivity index (χ1v) is 14.2. The lowest BCUT2D eigenvalue weighted by molar-refractivity contribution is -0.136. The Morgan fingerprint density at radius 3 is 2.34 bits per heavy atom. The molecular formula is C24H23N3O9S2. The number of benzene rings is 1. The van der Waals surface area contributed by atoms with Gasteiger partial charge in [0.2, 0.25) is 0 Å². The highest BCUT2D eigenvalue weighted by Crippen LogP contribution is 2.35. The summed E-state index contributed by atoms with van der Waals surface area (Å²) in [5.74, 6) is -3.56. The van der Waals surface area contributed by atoms with Gasteiger partial charge in [0.1, 0.15) is 15.9 Å². The van der Waals surface area contributed by atoms with Gasteiger partial charge in [-0.15, -0.1) is 0 Å². The summed E-state index contributed by atoms with van der Waals surface area (Å²) < 4.78 is 36.7. The van der Waals surface area contributed by atoms with Crippen LogP contribution in [0.2, 0.25) is 0 Å². The molecule has 3 N–H and O–H groups in total. The normalized spacial score (nSPS) is 17.3. The van der Waals surface area contributed by atoms with E-state index in [1.807, 2.05) is 0 Å². The van der Waals surface area contributed by atoms with E-state index in [0.29, 0.717) is 44.5 Å². The number of ether oxygens (including phenoxy) is 2. The molecular weight excluding hydrogens is 538 g/mol. The van der Waals surface area contributed by atoms with Crippen molar-refractivity contribution < 1.29 is 42.5 Å². The standard InChI is InChI=1S/C24H23N3O9S2/c28-20(27-24-26-18-17(23(31)32)16(22(29)30)11-25-21(18)37-24)19(36-13-7-9-35-10-8-13)12-1-3-14(4-2-12)38(33,34)15-5-6-15/h1-4,11,13,15,19H,5-10H2,(H,29,30)(H,31,32)(H,26,27,28). The highest BCUT2D eigenvalue weighted by Gasteiger charge is 2.37. The molecule has 1 unspecified atom stereocenters. The molecule has 5 rings (SSSR count). The van der Waals surface area contributed by atoms with Crippen molar-refractivity contribution in [3.8, 4) is 0 Å². The van der Waals surface area contributed by atoms with Crippen molar-refractivity contribution in [3.05, 3.63) is 47.2 Å². The molecule has 38 heavy (non-hydrogen) atoms. The highest BCUT2D eigenvalue weighted by molar-refractivity contribution is 7.92. The minimum Gasteiger partial charge on any atom is -0.478 e. The second-order valence-electron chi connectivity index (χ2n) is 8.96. The minimum atomic E-state index is -3.40. The molecule has 0 radical (unpaired) electrons. The zero-order chi connectivity index (χ0) is 27.0. The van der Waals surface area contributed by atoms with Gasteiger partial charge >= 0.3 is 11.9 Å². The van der Waals surface area contributed by atoms with Gasteiger partial charge in [-0.1, -0.05) is 23.5 Å². The number of carbonyl (C=O) groups is 3. The Kier molecular flexibility index (Phi) is 7.13. The summed E-state index contributed by atoms with van der Waals surface area (Å²) in [6.07, 6.45) is 1.96. The average molecular weight is 562 g/mol. The van der Waals surface area contributed by atoms with Crippen LogP contribution in [0, 0.1) is 0 Å². The molecule has 3 heterocycles. The maximum absolute atomic E-state index is 13.4. The molecule has 12 nitrogen and oxygen atoms in total. The highest BCUT2D eigenvalue weighted by atomic mass is 32.2. The number of nitrogens with one attached hydrogen (secondary N) is 1. The van der Waals surface area contributed by atoms with Crippen molar-refractivity contribution in [2.75, 3.05) is 18.5 Å². The number of thiazole rings is 1. The van der Waals surface area contributed by atoms with Gasteiger partial charge in [0.05, 0.1) is 21.8 Å². The number of rotatable bonds is 9. The molecule has 1 saturated heterocycles. The number of fused-ring (bicyclic) bond motifs is 1. The number of hydrogen-bond donors (Lipinski definition) is 3. The molecule has 14 heteroatoms. The number of aromatic nitrogens is 2. The van der Waals surface area contributed by atoms with Crippen LogP contribution in [0.1, 0.15) is 58.1 Å². The van der Waals surface area contributed by atoms with Crippen LogP contribution in [0.3, 0.4) is 0 Å². The van der Waals surface area contributed by atoms with Crippen molar-refractivity contribution in [2.45, 2.75) is 48.0 Å². The van der Waals surface area contributed by atoms with Gasteiger partial charge in [-0.05, 0) is 43.4 Å². The fourth-order valence-electron chi connectivity index (χ4n) is 4.18. The van der Waals surface area contributed by atoms with Gasteiger partial charge < -0.3 is 19.7 Å². The number of hydrogen-bond acceptors (Lipinski definition) is 10. The Morgan fingerprint density at radius 2 is 1.74 bits per heavy atom. The van der Waals surface area contributed by atoms with E-state index in [4.69, 9.17) is 9.47 Å². The first-order chi connectivity index (χ1) is 18.1. The summed E-state index contributed by atoms with van der Waals surface area (Å²) in [5.41, 5.74) is -0.770. The van der Waals surface area contributed by atoms with Gasteiger partial charge in [-0.25, -0.2) is 28.0 Å². The van der Waals surface area contributed by atoms with Crippen LogP contribution in [0.5, 0.6) is 0 Å². The number of nitrogens with zero attached hydrogens (tertiary/aromatic N) is 2. The monoisotopic (exact) mass is 561 g/mol. The Morgan fingerprint density at radius 1 is 1.05 bits per heavy atom. The quantitative estimate of drug-likeness (QED) is 0.349. The fourth-order valence-corrected chi connectivity index (χ4v) is 6.66. The molecule has 1 aliphatic carbocycles. The van der Waals surface area contributed by atoms with Crippen molar-refractivity contribution in [1.29, 1.82) is 0 Å². The number of carboxylic acid groups (broad SMARTS) is 2. The van der Waals surface area contributed by atoms with E-state index in [1.165, 1.54) is 12.1 Å². The lowest BCUT2D eigenvalue weighted by Crippen LogP contribution is -2.31. The fraction of sp³-hybridized carbons (Fsp3) is 0.375. The average Bonchev–Trinajstić information content (AvgIpc) is 3.68. The topological polar surface area (TPSA) is 182 Å². The Balaban J connectivity index is 1.44. The molecule has 1 aromatic carbocycles. The number of aromatic carboxylic acids is 2. The summed E-state index contributed by atoms with van der Waals surface area (Å²) in [5, 5.41) is 21.1. The molecule has 1 aliphatic heterocycles. The largest absolute Gasteiger partial charge is 0.478 e. The van der Waals surface area contributed by atoms with Gasteiger partial charge in [-0.3, -0.25) is 10.1 Å². The van der Waals surface area contributed by atoms with E-state index >= 15 is 0 Å². The van der Waals surface area contributed by atoms with E-state index in [9.17, 15) is 33.0 Å². The van der Waals surface area contributed by atoms with Crippen LogP contribution in [-0.2, 0) is 24.1 Å². The smallest absolute Gasteiger partial charge is 0.338 e. The summed E-state index contributed by atoms with van der Waals surface area (Å²) >= 11 is 0.887. The number of amides is 1. The molecule has 1 saturated carbocycles. The van der Waals surface area contributed by atoms with Gasteiger partial charge in [0.25, 0.3) is 5.91 Å². The van der Waals surface area contributed by atoms with Crippen LogP contribution >= 0.6 is 11.3 Å². The Labute approximate surface area is 220 Å². The zero-order valence-corrected chi connectivity index (χ0v) is 21.5. The summed E-state index contributed by atoms with van der Waals surface area (Å²) in [6, 6.07) is 6.01. The van der Waals surface area contributed by atoms with E-state index < -0.39 is 44.9 Å². The van der Waals surface area contributed by atoms with Crippen LogP contribution in [0.25, 0.3) is 10.3 Å². The molecule has 1 atom stereocenters. The SMILES string of the molecule is O=C(O)c1cnc2sc(NC(=O)C(OC3CCOCC3)c3ccc(S(=O)(=O)C4CC4)cc3)nc2c1C(=O)O. The molecule has 0 bridgehead atoms. The first kappa shape index (κ1) is 26.2. The predicted octanol–water partition coefficient (Wildman–Crippen LogP) is 2.90. The Bertz CT molecular complexity index is 1510. The number of carboxylic acids is 2. The lowest BCUT2D eigenvalue weighted by Gasteiger charge is -2.27.